The molecule has 11 heteroatoms. The van der Waals surface area contributed by atoms with Gasteiger partial charge in [-0.25, -0.2) is 9.97 Å². The number of hydrogen-bond acceptors (Lipinski definition) is 8. The average Bonchev–Trinajstić information content (AvgIpc) is 3.42. The minimum absolute atomic E-state index is 0.00801. The number of nitrogens with zero attached hydrogens (tertiary/aromatic N) is 5. The lowest BCUT2D eigenvalue weighted by Crippen LogP contribution is -2.42. The van der Waals surface area contributed by atoms with Gasteiger partial charge < -0.3 is 24.3 Å². The molecule has 1 saturated heterocycles. The fourth-order valence-corrected chi connectivity index (χ4v) is 4.97. The molecule has 0 saturated carbocycles. The van der Waals surface area contributed by atoms with E-state index in [1.165, 1.54) is 19.3 Å². The lowest BCUT2D eigenvalue weighted by molar-refractivity contribution is 0.0590. The Balaban J connectivity index is 0.986. The maximum Gasteiger partial charge on any atom is 0.272 e. The van der Waals surface area contributed by atoms with Crippen LogP contribution in [-0.4, -0.2) is 61.2 Å². The summed E-state index contributed by atoms with van der Waals surface area (Å²) in [5.74, 6) is 1.06. The minimum Gasteiger partial charge on any atom is -0.490 e. The highest BCUT2D eigenvalue weighted by Crippen LogP contribution is 2.24. The summed E-state index contributed by atoms with van der Waals surface area (Å²) in [6.45, 7) is 2.60. The molecule has 6 rings (SSSR count). The third-order valence-corrected chi connectivity index (χ3v) is 7.45. The molecular weight excluding hydrogens is 560 g/mol. The predicted molar refractivity (Wildman–Crippen MR) is 163 cm³/mol. The molecule has 2 amide bonds. The van der Waals surface area contributed by atoms with Crippen molar-refractivity contribution in [1.29, 1.82) is 0 Å². The van der Waals surface area contributed by atoms with Gasteiger partial charge in [-0.2, -0.15) is 0 Å². The zero-order valence-electron chi connectivity index (χ0n) is 24.3. The van der Waals surface area contributed by atoms with Crippen LogP contribution in [0.25, 0.3) is 11.0 Å². The van der Waals surface area contributed by atoms with E-state index in [-0.39, 0.29) is 29.4 Å². The molecule has 0 spiro atoms. The molecule has 11 nitrogen and oxygen atoms in total. The number of aryl methyl sites for hydroxylation is 1. The smallest absolute Gasteiger partial charge is 0.272 e. The molecule has 1 fully saturated rings. The van der Waals surface area contributed by atoms with Gasteiger partial charge in [0.1, 0.15) is 23.3 Å². The Kier molecular flexibility index (Phi) is 8.00. The van der Waals surface area contributed by atoms with Crippen molar-refractivity contribution < 1.29 is 23.9 Å². The van der Waals surface area contributed by atoms with Gasteiger partial charge in [-0.15, -0.1) is 0 Å². The van der Waals surface area contributed by atoms with Gasteiger partial charge in [0.15, 0.2) is 5.78 Å². The van der Waals surface area contributed by atoms with E-state index in [1.807, 2.05) is 29.8 Å². The summed E-state index contributed by atoms with van der Waals surface area (Å²) >= 11 is 0. The van der Waals surface area contributed by atoms with Crippen molar-refractivity contribution in [2.45, 2.75) is 25.9 Å². The van der Waals surface area contributed by atoms with E-state index < -0.39 is 0 Å². The summed E-state index contributed by atoms with van der Waals surface area (Å²) in [6.07, 6.45) is 6.06. The summed E-state index contributed by atoms with van der Waals surface area (Å²) in [5.41, 5.74) is 3.58. The van der Waals surface area contributed by atoms with Crippen molar-refractivity contribution in [3.63, 3.8) is 0 Å². The van der Waals surface area contributed by atoms with Gasteiger partial charge in [0.25, 0.3) is 11.8 Å². The SMILES string of the molecule is CC(=O)c1ccc(Oc2ccc(NC(=O)c3ccc(C(=O)N4CCC(Oc5ccc6c(c5)ncn6C)CC4)nc3)cn2)cc1. The van der Waals surface area contributed by atoms with Gasteiger partial charge >= 0.3 is 0 Å². The lowest BCUT2D eigenvalue weighted by Gasteiger charge is -2.32. The van der Waals surface area contributed by atoms with E-state index in [4.69, 9.17) is 9.47 Å². The maximum atomic E-state index is 13.1. The number of amides is 2. The number of hydrogen-bond donors (Lipinski definition) is 1. The molecule has 0 bridgehead atoms. The molecule has 1 N–H and O–H groups in total. The van der Waals surface area contributed by atoms with Gasteiger partial charge in [0, 0.05) is 56.9 Å². The third kappa shape index (κ3) is 6.41. The Morgan fingerprint density at radius 1 is 0.841 bits per heavy atom. The van der Waals surface area contributed by atoms with Crippen LogP contribution in [0, 0.1) is 0 Å². The first-order valence-electron chi connectivity index (χ1n) is 14.2. The Morgan fingerprint density at radius 2 is 1.59 bits per heavy atom. The van der Waals surface area contributed by atoms with E-state index >= 15 is 0 Å². The summed E-state index contributed by atoms with van der Waals surface area (Å²) in [7, 11) is 1.95. The Labute approximate surface area is 253 Å². The number of benzene rings is 2. The second-order valence-electron chi connectivity index (χ2n) is 10.6. The number of pyridine rings is 2. The van der Waals surface area contributed by atoms with Crippen LogP contribution in [-0.2, 0) is 7.05 Å². The molecule has 44 heavy (non-hydrogen) atoms. The molecule has 4 heterocycles. The quantitative estimate of drug-likeness (QED) is 0.241. The Morgan fingerprint density at radius 3 is 2.27 bits per heavy atom. The highest BCUT2D eigenvalue weighted by atomic mass is 16.5. The number of Topliss-reactive ketones (excluding diaryl/α,β-unsaturated/α-hetero) is 1. The van der Waals surface area contributed by atoms with Crippen LogP contribution in [0.1, 0.15) is 51.0 Å². The monoisotopic (exact) mass is 590 g/mol. The lowest BCUT2D eigenvalue weighted by atomic mass is 10.1. The Hall–Kier alpha value is -5.58. The molecule has 222 valence electrons. The molecule has 2 aromatic carbocycles. The predicted octanol–water partition coefficient (Wildman–Crippen LogP) is 5.29. The normalized spacial score (nSPS) is 13.5. The summed E-state index contributed by atoms with van der Waals surface area (Å²) in [4.78, 5) is 51.9. The third-order valence-electron chi connectivity index (χ3n) is 7.45. The largest absolute Gasteiger partial charge is 0.490 e. The molecule has 0 atom stereocenters. The number of imidazole rings is 1. The Bertz CT molecular complexity index is 1810. The topological polar surface area (TPSA) is 129 Å². The summed E-state index contributed by atoms with van der Waals surface area (Å²) < 4.78 is 13.8. The highest BCUT2D eigenvalue weighted by Gasteiger charge is 2.26. The van der Waals surface area contributed by atoms with E-state index in [9.17, 15) is 14.4 Å². The molecular formula is C33H30N6O5. The van der Waals surface area contributed by atoms with Crippen molar-refractivity contribution >= 4 is 34.3 Å². The molecule has 0 radical (unpaired) electrons. The number of ketones is 1. The van der Waals surface area contributed by atoms with E-state index in [0.29, 0.717) is 54.4 Å². The summed E-state index contributed by atoms with van der Waals surface area (Å²) in [6, 6.07) is 19.1. The number of carbonyl (C=O) groups excluding carboxylic acids is 3. The fourth-order valence-electron chi connectivity index (χ4n) is 4.97. The molecule has 1 aliphatic rings. The highest BCUT2D eigenvalue weighted by molar-refractivity contribution is 6.04. The average molecular weight is 591 g/mol. The number of fused-ring (bicyclic) bond motifs is 1. The molecule has 5 aromatic rings. The second-order valence-corrected chi connectivity index (χ2v) is 10.6. The van der Waals surface area contributed by atoms with Crippen molar-refractivity contribution in [3.8, 4) is 17.4 Å². The zero-order chi connectivity index (χ0) is 30.6. The van der Waals surface area contributed by atoms with Crippen LogP contribution < -0.4 is 14.8 Å². The van der Waals surface area contributed by atoms with Gasteiger partial charge in [-0.1, -0.05) is 0 Å². The van der Waals surface area contributed by atoms with Crippen molar-refractivity contribution in [1.82, 2.24) is 24.4 Å². The number of rotatable bonds is 8. The van der Waals surface area contributed by atoms with E-state index in [2.05, 4.69) is 20.3 Å². The fraction of sp³-hybridized carbons (Fsp3) is 0.212. The number of ether oxygens (including phenoxy) is 2. The maximum absolute atomic E-state index is 13.1. The van der Waals surface area contributed by atoms with Crippen molar-refractivity contribution in [2.24, 2.45) is 7.05 Å². The second kappa shape index (κ2) is 12.3. The van der Waals surface area contributed by atoms with Crippen LogP contribution in [0.3, 0.4) is 0 Å². The van der Waals surface area contributed by atoms with Gasteiger partial charge in [0.2, 0.25) is 5.88 Å². The first-order chi connectivity index (χ1) is 21.3. The van der Waals surface area contributed by atoms with Crippen LogP contribution in [0.15, 0.2) is 85.5 Å². The van der Waals surface area contributed by atoms with Crippen LogP contribution in [0.4, 0.5) is 5.69 Å². The van der Waals surface area contributed by atoms with E-state index in [0.717, 1.165) is 16.8 Å². The number of nitrogens with one attached hydrogen (secondary N) is 1. The molecule has 1 aliphatic heterocycles. The standard InChI is InChI=1S/C33H30N6O5/c1-21(40)22-3-7-25(8-4-22)44-31-12-6-24(19-35-31)37-32(41)23-5-10-28(34-18-23)33(42)39-15-13-26(14-16-39)43-27-9-11-30-29(17-27)36-20-38(30)2/h3-12,17-20,26H,13-16H2,1-2H3,(H,37,41). The van der Waals surface area contributed by atoms with E-state index in [1.54, 1.807) is 59.8 Å². The first-order valence-corrected chi connectivity index (χ1v) is 14.2. The number of carbonyl (C=O) groups is 3. The molecule has 0 unspecified atom stereocenters. The van der Waals surface area contributed by atoms with Gasteiger partial charge in [0.05, 0.1) is 34.8 Å². The number of likely N-dealkylation sites (tertiary alicyclic amines) is 1. The van der Waals surface area contributed by atoms with Crippen LogP contribution in [0.5, 0.6) is 17.4 Å². The summed E-state index contributed by atoms with van der Waals surface area (Å²) in [5, 5.41) is 2.77. The molecule has 0 aliphatic carbocycles. The van der Waals surface area contributed by atoms with Crippen LogP contribution >= 0.6 is 0 Å². The molecule has 3 aromatic heterocycles. The number of aromatic nitrogens is 4. The van der Waals surface area contributed by atoms with Crippen LogP contribution in [0.2, 0.25) is 0 Å². The van der Waals surface area contributed by atoms with Crippen molar-refractivity contribution in [3.05, 3.63) is 102 Å². The first kappa shape index (κ1) is 28.5. The number of piperidine rings is 1. The zero-order valence-corrected chi connectivity index (χ0v) is 24.3. The number of anilines is 1. The van der Waals surface area contributed by atoms with Gasteiger partial charge in [-0.05, 0) is 61.5 Å². The minimum atomic E-state index is -0.381. The van der Waals surface area contributed by atoms with Gasteiger partial charge in [-0.3, -0.25) is 19.4 Å². The van der Waals surface area contributed by atoms with Crippen molar-refractivity contribution in [2.75, 3.05) is 18.4 Å².